The summed E-state index contributed by atoms with van der Waals surface area (Å²) in [6.45, 7) is 5.38. The third-order valence-electron chi connectivity index (χ3n) is 3.57. The molecule has 0 radical (unpaired) electrons. The Hall–Kier alpha value is 0.1000. The van der Waals surface area contributed by atoms with Gasteiger partial charge in [0.1, 0.15) is 0 Å². The van der Waals surface area contributed by atoms with Crippen molar-refractivity contribution in [3.63, 3.8) is 0 Å². The van der Waals surface area contributed by atoms with Crippen LogP contribution in [-0.4, -0.2) is 12.6 Å². The van der Waals surface area contributed by atoms with Gasteiger partial charge < -0.3 is 11.1 Å². The Labute approximate surface area is 116 Å². The van der Waals surface area contributed by atoms with Gasteiger partial charge >= 0.3 is 0 Å². The molecule has 1 aromatic heterocycles. The minimum Gasteiger partial charge on any atom is -0.329 e. The molecule has 96 valence electrons. The summed E-state index contributed by atoms with van der Waals surface area (Å²) < 4.78 is 1.16. The molecule has 4 heteroatoms. The Bertz CT molecular complexity index is 375. The van der Waals surface area contributed by atoms with E-state index in [2.05, 4.69) is 46.5 Å². The summed E-state index contributed by atoms with van der Waals surface area (Å²) in [4.78, 5) is 1.34. The van der Waals surface area contributed by atoms with Crippen LogP contribution in [0.2, 0.25) is 0 Å². The molecule has 1 aliphatic carbocycles. The van der Waals surface area contributed by atoms with E-state index in [1.165, 1.54) is 24.1 Å². The van der Waals surface area contributed by atoms with Gasteiger partial charge in [-0.05, 0) is 46.7 Å². The topological polar surface area (TPSA) is 38.0 Å². The van der Waals surface area contributed by atoms with Gasteiger partial charge in [0.2, 0.25) is 0 Å². The number of hydrogen-bond donors (Lipinski definition) is 2. The second kappa shape index (κ2) is 5.39. The van der Waals surface area contributed by atoms with Gasteiger partial charge in [-0.15, -0.1) is 11.3 Å². The SMILES string of the molecule is CC1(C)CCC(NC(CN)c2cc(Br)cs2)C1. The monoisotopic (exact) mass is 316 g/mol. The number of halogens is 1. The first kappa shape index (κ1) is 13.5. The van der Waals surface area contributed by atoms with Gasteiger partial charge in [0.25, 0.3) is 0 Å². The summed E-state index contributed by atoms with van der Waals surface area (Å²) in [5.41, 5.74) is 6.38. The Morgan fingerprint density at radius 1 is 1.65 bits per heavy atom. The highest BCUT2D eigenvalue weighted by Gasteiger charge is 2.32. The predicted octanol–water partition coefficient (Wildman–Crippen LogP) is 3.68. The van der Waals surface area contributed by atoms with Gasteiger partial charge in [0, 0.05) is 27.3 Å². The van der Waals surface area contributed by atoms with Crippen LogP contribution in [-0.2, 0) is 0 Å². The van der Waals surface area contributed by atoms with Crippen molar-refractivity contribution in [2.75, 3.05) is 6.54 Å². The number of rotatable bonds is 4. The van der Waals surface area contributed by atoms with E-state index < -0.39 is 0 Å². The van der Waals surface area contributed by atoms with Crippen molar-refractivity contribution >= 4 is 27.3 Å². The average molecular weight is 317 g/mol. The summed E-state index contributed by atoms with van der Waals surface area (Å²) in [6.07, 6.45) is 3.85. The lowest BCUT2D eigenvalue weighted by molar-refractivity contribution is 0.354. The largest absolute Gasteiger partial charge is 0.329 e. The Morgan fingerprint density at radius 2 is 2.41 bits per heavy atom. The molecule has 2 unspecified atom stereocenters. The lowest BCUT2D eigenvalue weighted by Crippen LogP contribution is -2.35. The molecule has 0 spiro atoms. The summed E-state index contributed by atoms with van der Waals surface area (Å²) in [6, 6.07) is 3.11. The van der Waals surface area contributed by atoms with E-state index in [4.69, 9.17) is 5.73 Å². The normalized spacial score (nSPS) is 25.1. The molecule has 1 aliphatic rings. The van der Waals surface area contributed by atoms with Crippen molar-refractivity contribution in [1.82, 2.24) is 5.32 Å². The first-order valence-corrected chi connectivity index (χ1v) is 7.87. The highest BCUT2D eigenvalue weighted by Crippen LogP contribution is 2.38. The molecule has 1 aromatic rings. The summed E-state index contributed by atoms with van der Waals surface area (Å²) in [5, 5.41) is 5.84. The zero-order valence-electron chi connectivity index (χ0n) is 10.5. The van der Waals surface area contributed by atoms with E-state index in [1.807, 2.05) is 0 Å². The van der Waals surface area contributed by atoms with Crippen molar-refractivity contribution < 1.29 is 0 Å². The average Bonchev–Trinajstić information content (AvgIpc) is 2.81. The first-order chi connectivity index (χ1) is 8.00. The second-order valence-electron chi connectivity index (χ2n) is 5.73. The number of nitrogens with two attached hydrogens (primary N) is 1. The van der Waals surface area contributed by atoms with Gasteiger partial charge in [0.05, 0.1) is 6.04 Å². The summed E-state index contributed by atoms with van der Waals surface area (Å²) in [7, 11) is 0. The Kier molecular flexibility index (Phi) is 4.29. The summed E-state index contributed by atoms with van der Waals surface area (Å²) >= 11 is 5.28. The molecular formula is C13H21BrN2S. The molecule has 17 heavy (non-hydrogen) atoms. The van der Waals surface area contributed by atoms with Crippen LogP contribution in [0.1, 0.15) is 44.0 Å². The van der Waals surface area contributed by atoms with Crippen LogP contribution in [0.4, 0.5) is 0 Å². The Balaban J connectivity index is 1.97. The van der Waals surface area contributed by atoms with Gasteiger partial charge in [-0.25, -0.2) is 0 Å². The van der Waals surface area contributed by atoms with Crippen molar-refractivity contribution in [3.05, 3.63) is 20.8 Å². The Morgan fingerprint density at radius 3 is 2.88 bits per heavy atom. The van der Waals surface area contributed by atoms with Crippen molar-refractivity contribution in [2.24, 2.45) is 11.1 Å². The van der Waals surface area contributed by atoms with Gasteiger partial charge in [-0.2, -0.15) is 0 Å². The minimum atomic E-state index is 0.310. The molecule has 2 nitrogen and oxygen atoms in total. The molecule has 0 aliphatic heterocycles. The molecule has 0 bridgehead atoms. The number of nitrogens with one attached hydrogen (secondary N) is 1. The fraction of sp³-hybridized carbons (Fsp3) is 0.692. The van der Waals surface area contributed by atoms with Crippen LogP contribution in [0, 0.1) is 5.41 Å². The number of thiophene rings is 1. The quantitative estimate of drug-likeness (QED) is 0.889. The van der Waals surface area contributed by atoms with E-state index in [9.17, 15) is 0 Å². The standard InChI is InChI=1S/C13H21BrN2S/c1-13(2)4-3-10(6-13)16-11(7-15)12-5-9(14)8-17-12/h5,8,10-11,16H,3-4,6-7,15H2,1-2H3. The molecule has 0 amide bonds. The van der Waals surface area contributed by atoms with Crippen LogP contribution in [0.3, 0.4) is 0 Å². The second-order valence-corrected chi connectivity index (χ2v) is 7.58. The molecular weight excluding hydrogens is 296 g/mol. The molecule has 2 rings (SSSR count). The zero-order valence-corrected chi connectivity index (χ0v) is 12.9. The molecule has 0 saturated heterocycles. The van der Waals surface area contributed by atoms with Gasteiger partial charge in [-0.1, -0.05) is 13.8 Å². The van der Waals surface area contributed by atoms with E-state index in [1.54, 1.807) is 11.3 Å². The van der Waals surface area contributed by atoms with Crippen LogP contribution in [0.15, 0.2) is 15.9 Å². The van der Waals surface area contributed by atoms with Crippen LogP contribution >= 0.6 is 27.3 Å². The number of hydrogen-bond acceptors (Lipinski definition) is 3. The van der Waals surface area contributed by atoms with Crippen molar-refractivity contribution in [1.29, 1.82) is 0 Å². The lowest BCUT2D eigenvalue weighted by atomic mass is 9.92. The molecule has 1 saturated carbocycles. The van der Waals surface area contributed by atoms with Crippen molar-refractivity contribution in [3.8, 4) is 0 Å². The maximum absolute atomic E-state index is 5.89. The van der Waals surface area contributed by atoms with Crippen LogP contribution in [0.5, 0.6) is 0 Å². The molecule has 2 atom stereocenters. The zero-order chi connectivity index (χ0) is 12.5. The van der Waals surface area contributed by atoms with Crippen LogP contribution in [0.25, 0.3) is 0 Å². The van der Waals surface area contributed by atoms with E-state index >= 15 is 0 Å². The third kappa shape index (κ3) is 3.53. The first-order valence-electron chi connectivity index (χ1n) is 6.20. The maximum Gasteiger partial charge on any atom is 0.0541 e. The van der Waals surface area contributed by atoms with Crippen LogP contribution < -0.4 is 11.1 Å². The summed E-state index contributed by atoms with van der Waals surface area (Å²) in [5.74, 6) is 0. The van der Waals surface area contributed by atoms with E-state index in [0.29, 0.717) is 24.0 Å². The molecule has 1 fully saturated rings. The van der Waals surface area contributed by atoms with Crippen molar-refractivity contribution in [2.45, 2.75) is 45.2 Å². The highest BCUT2D eigenvalue weighted by molar-refractivity contribution is 9.10. The lowest BCUT2D eigenvalue weighted by Gasteiger charge is -2.22. The fourth-order valence-electron chi connectivity index (χ4n) is 2.64. The van der Waals surface area contributed by atoms with Gasteiger partial charge in [0.15, 0.2) is 0 Å². The molecule has 0 aromatic carbocycles. The minimum absolute atomic E-state index is 0.310. The molecule has 1 heterocycles. The maximum atomic E-state index is 5.89. The van der Waals surface area contributed by atoms with E-state index in [0.717, 1.165) is 4.47 Å². The molecule has 3 N–H and O–H groups in total. The fourth-order valence-corrected chi connectivity index (χ4v) is 4.16. The highest BCUT2D eigenvalue weighted by atomic mass is 79.9. The third-order valence-corrected chi connectivity index (χ3v) is 5.38. The van der Waals surface area contributed by atoms with E-state index in [-0.39, 0.29) is 0 Å². The predicted molar refractivity (Wildman–Crippen MR) is 78.4 cm³/mol. The smallest absolute Gasteiger partial charge is 0.0541 e. The van der Waals surface area contributed by atoms with Gasteiger partial charge in [-0.3, -0.25) is 0 Å².